The van der Waals surface area contributed by atoms with Crippen molar-refractivity contribution < 1.29 is 19.2 Å². The molecule has 2 aromatic carbocycles. The van der Waals surface area contributed by atoms with Gasteiger partial charge in [0.1, 0.15) is 11.5 Å². The van der Waals surface area contributed by atoms with Crippen molar-refractivity contribution in [2.45, 2.75) is 0 Å². The molecule has 0 radical (unpaired) electrons. The molecule has 0 saturated heterocycles. The highest BCUT2D eigenvalue weighted by atomic mass is 16.6. The lowest BCUT2D eigenvalue weighted by molar-refractivity contribution is -0.384. The zero-order chi connectivity index (χ0) is 17.5. The van der Waals surface area contributed by atoms with Crippen LogP contribution in [-0.2, 0) is 4.79 Å². The molecule has 126 valence electrons. The summed E-state index contributed by atoms with van der Waals surface area (Å²) >= 11 is 0. The van der Waals surface area contributed by atoms with E-state index in [4.69, 9.17) is 9.47 Å². The first-order valence-corrected chi connectivity index (χ1v) is 7.03. The Labute approximate surface area is 138 Å². The maximum atomic E-state index is 12.0. The average molecular weight is 331 g/mol. The Balaban J connectivity index is 1.99. The van der Waals surface area contributed by atoms with Gasteiger partial charge in [0.25, 0.3) is 5.69 Å². The Morgan fingerprint density at radius 1 is 1.17 bits per heavy atom. The number of rotatable bonds is 7. The van der Waals surface area contributed by atoms with Crippen LogP contribution in [0.3, 0.4) is 0 Å². The lowest BCUT2D eigenvalue weighted by atomic mass is 10.2. The van der Waals surface area contributed by atoms with E-state index in [1.807, 2.05) is 0 Å². The van der Waals surface area contributed by atoms with Crippen LogP contribution in [-0.4, -0.2) is 31.6 Å². The first kappa shape index (κ1) is 17.1. The molecule has 0 fully saturated rings. The number of amides is 1. The zero-order valence-corrected chi connectivity index (χ0v) is 13.2. The molecular formula is C16H17N3O5. The molecular weight excluding hydrogens is 314 g/mol. The average Bonchev–Trinajstić information content (AvgIpc) is 2.60. The molecule has 2 aromatic rings. The fraction of sp³-hybridized carbons (Fsp3) is 0.188. The van der Waals surface area contributed by atoms with Crippen LogP contribution in [0.1, 0.15) is 0 Å². The summed E-state index contributed by atoms with van der Waals surface area (Å²) in [6.07, 6.45) is 0. The number of non-ortho nitro benzene ring substituents is 1. The normalized spacial score (nSPS) is 9.92. The second kappa shape index (κ2) is 7.82. The summed E-state index contributed by atoms with van der Waals surface area (Å²) in [5.41, 5.74) is 0.947. The molecule has 24 heavy (non-hydrogen) atoms. The van der Waals surface area contributed by atoms with Crippen molar-refractivity contribution in [2.24, 2.45) is 0 Å². The number of nitro groups is 1. The van der Waals surface area contributed by atoms with Gasteiger partial charge in [-0.05, 0) is 18.2 Å². The number of benzene rings is 2. The second-order valence-electron chi connectivity index (χ2n) is 4.78. The van der Waals surface area contributed by atoms with Crippen molar-refractivity contribution >= 4 is 23.0 Å². The third-order valence-corrected chi connectivity index (χ3v) is 3.19. The number of hydrogen-bond donors (Lipinski definition) is 2. The van der Waals surface area contributed by atoms with Crippen LogP contribution in [0.2, 0.25) is 0 Å². The van der Waals surface area contributed by atoms with Gasteiger partial charge in [0.05, 0.1) is 31.4 Å². The monoisotopic (exact) mass is 331 g/mol. The van der Waals surface area contributed by atoms with Gasteiger partial charge in [0, 0.05) is 23.9 Å². The lowest BCUT2D eigenvalue weighted by Crippen LogP contribution is -2.22. The maximum absolute atomic E-state index is 12.0. The quantitative estimate of drug-likeness (QED) is 0.597. The Morgan fingerprint density at radius 3 is 2.62 bits per heavy atom. The highest BCUT2D eigenvalue weighted by molar-refractivity contribution is 5.95. The molecule has 0 atom stereocenters. The maximum Gasteiger partial charge on any atom is 0.271 e. The molecule has 0 aliphatic heterocycles. The number of nitrogens with zero attached hydrogens (tertiary/aromatic N) is 1. The van der Waals surface area contributed by atoms with Crippen LogP contribution in [0.15, 0.2) is 42.5 Å². The molecule has 0 spiro atoms. The van der Waals surface area contributed by atoms with Crippen LogP contribution in [0, 0.1) is 10.1 Å². The fourth-order valence-electron chi connectivity index (χ4n) is 2.01. The van der Waals surface area contributed by atoms with Crippen molar-refractivity contribution in [3.05, 3.63) is 52.6 Å². The SMILES string of the molecule is COc1ccc(NC(=O)CNc2cccc([N+](=O)[O-])c2)c(OC)c1. The number of anilines is 2. The zero-order valence-electron chi connectivity index (χ0n) is 13.2. The summed E-state index contributed by atoms with van der Waals surface area (Å²) in [5.74, 6) is 0.766. The second-order valence-corrected chi connectivity index (χ2v) is 4.78. The standard InChI is InChI=1S/C16H17N3O5/c1-23-13-6-7-14(15(9-13)24-2)18-16(20)10-17-11-4-3-5-12(8-11)19(21)22/h3-9,17H,10H2,1-2H3,(H,18,20). The number of nitrogens with one attached hydrogen (secondary N) is 2. The summed E-state index contributed by atoms with van der Waals surface area (Å²) in [5, 5.41) is 16.3. The van der Waals surface area contributed by atoms with Crippen LogP contribution >= 0.6 is 0 Å². The van der Waals surface area contributed by atoms with E-state index in [-0.39, 0.29) is 18.1 Å². The van der Waals surface area contributed by atoms with Gasteiger partial charge in [-0.1, -0.05) is 6.07 Å². The predicted molar refractivity (Wildman–Crippen MR) is 89.8 cm³/mol. The van der Waals surface area contributed by atoms with E-state index in [9.17, 15) is 14.9 Å². The minimum atomic E-state index is -0.493. The molecule has 8 nitrogen and oxygen atoms in total. The fourth-order valence-corrected chi connectivity index (χ4v) is 2.01. The van der Waals surface area contributed by atoms with Crippen molar-refractivity contribution in [1.29, 1.82) is 0 Å². The number of nitro benzene ring substituents is 1. The number of carbonyl (C=O) groups is 1. The van der Waals surface area contributed by atoms with Gasteiger partial charge in [0.15, 0.2) is 0 Å². The number of ether oxygens (including phenoxy) is 2. The minimum Gasteiger partial charge on any atom is -0.497 e. The molecule has 0 aliphatic carbocycles. The smallest absolute Gasteiger partial charge is 0.271 e. The largest absolute Gasteiger partial charge is 0.497 e. The van der Waals surface area contributed by atoms with Crippen molar-refractivity contribution in [3.8, 4) is 11.5 Å². The summed E-state index contributed by atoms with van der Waals surface area (Å²) in [6.45, 7) is -0.0453. The molecule has 0 saturated carbocycles. The molecule has 0 aromatic heterocycles. The molecule has 8 heteroatoms. The van der Waals surface area contributed by atoms with Crippen molar-refractivity contribution in [3.63, 3.8) is 0 Å². The van der Waals surface area contributed by atoms with E-state index in [0.29, 0.717) is 22.9 Å². The van der Waals surface area contributed by atoms with Crippen molar-refractivity contribution in [2.75, 3.05) is 31.4 Å². The summed E-state index contributed by atoms with van der Waals surface area (Å²) in [6, 6.07) is 11.0. The van der Waals surface area contributed by atoms with E-state index >= 15 is 0 Å². The van der Waals surface area contributed by atoms with Crippen LogP contribution < -0.4 is 20.1 Å². The Morgan fingerprint density at radius 2 is 1.96 bits per heavy atom. The topological polar surface area (TPSA) is 103 Å². The molecule has 0 unspecified atom stereocenters. The molecule has 0 aliphatic rings. The van der Waals surface area contributed by atoms with Gasteiger partial charge in [-0.3, -0.25) is 14.9 Å². The third-order valence-electron chi connectivity index (χ3n) is 3.19. The molecule has 2 N–H and O–H groups in total. The lowest BCUT2D eigenvalue weighted by Gasteiger charge is -2.12. The highest BCUT2D eigenvalue weighted by Gasteiger charge is 2.10. The first-order chi connectivity index (χ1) is 11.5. The Kier molecular flexibility index (Phi) is 5.56. The van der Waals surface area contributed by atoms with E-state index in [0.717, 1.165) is 0 Å². The minimum absolute atomic E-state index is 0.0442. The number of hydrogen-bond acceptors (Lipinski definition) is 6. The first-order valence-electron chi connectivity index (χ1n) is 7.03. The van der Waals surface area contributed by atoms with Gasteiger partial charge >= 0.3 is 0 Å². The van der Waals surface area contributed by atoms with Crippen LogP contribution in [0.25, 0.3) is 0 Å². The van der Waals surface area contributed by atoms with Crippen molar-refractivity contribution in [1.82, 2.24) is 0 Å². The summed E-state index contributed by atoms with van der Waals surface area (Å²) in [7, 11) is 3.03. The van der Waals surface area contributed by atoms with Gasteiger partial charge in [0.2, 0.25) is 5.91 Å². The summed E-state index contributed by atoms with van der Waals surface area (Å²) in [4.78, 5) is 22.3. The van der Waals surface area contributed by atoms with E-state index in [2.05, 4.69) is 10.6 Å². The molecule has 2 rings (SSSR count). The van der Waals surface area contributed by atoms with Crippen LogP contribution in [0.5, 0.6) is 11.5 Å². The van der Waals surface area contributed by atoms with Crippen LogP contribution in [0.4, 0.5) is 17.1 Å². The van der Waals surface area contributed by atoms with Gasteiger partial charge in [-0.15, -0.1) is 0 Å². The van der Waals surface area contributed by atoms with Gasteiger partial charge in [-0.2, -0.15) is 0 Å². The van der Waals surface area contributed by atoms with E-state index in [1.165, 1.54) is 26.4 Å². The van der Waals surface area contributed by atoms with E-state index in [1.54, 1.807) is 30.3 Å². The highest BCUT2D eigenvalue weighted by Crippen LogP contribution is 2.28. The Bertz CT molecular complexity index is 748. The summed E-state index contributed by atoms with van der Waals surface area (Å²) < 4.78 is 10.3. The molecule has 0 heterocycles. The Hall–Kier alpha value is -3.29. The number of methoxy groups -OCH3 is 2. The number of carbonyl (C=O) groups excluding carboxylic acids is 1. The third kappa shape index (κ3) is 4.35. The van der Waals surface area contributed by atoms with Gasteiger partial charge < -0.3 is 20.1 Å². The predicted octanol–water partition coefficient (Wildman–Crippen LogP) is 2.66. The molecule has 1 amide bonds. The van der Waals surface area contributed by atoms with E-state index < -0.39 is 4.92 Å². The van der Waals surface area contributed by atoms with Gasteiger partial charge in [-0.25, -0.2) is 0 Å². The molecule has 0 bridgehead atoms.